The molecule has 1 aromatic heterocycles. The predicted molar refractivity (Wildman–Crippen MR) is 86.1 cm³/mol. The van der Waals surface area contributed by atoms with Gasteiger partial charge in [-0.3, -0.25) is 19.8 Å². The first-order valence-corrected chi connectivity index (χ1v) is 7.21. The molecule has 7 nitrogen and oxygen atoms in total. The maximum absolute atomic E-state index is 11.7. The van der Waals surface area contributed by atoms with Gasteiger partial charge in [0.1, 0.15) is 0 Å². The van der Waals surface area contributed by atoms with Gasteiger partial charge in [0.25, 0.3) is 11.2 Å². The summed E-state index contributed by atoms with van der Waals surface area (Å²) in [6.45, 7) is 1.03. The molecule has 0 amide bonds. The molecule has 0 bridgehead atoms. The van der Waals surface area contributed by atoms with E-state index in [1.807, 2.05) is 42.3 Å². The van der Waals surface area contributed by atoms with E-state index in [9.17, 15) is 20.0 Å². The van der Waals surface area contributed by atoms with Crippen LogP contribution >= 0.6 is 0 Å². The van der Waals surface area contributed by atoms with Crippen LogP contribution in [0.5, 0.6) is 0 Å². The molecular formula is C16H19N3O4. The van der Waals surface area contributed by atoms with Crippen LogP contribution in [0.15, 0.2) is 53.5 Å². The summed E-state index contributed by atoms with van der Waals surface area (Å²) in [7, 11) is 1.87. The zero-order valence-corrected chi connectivity index (χ0v) is 12.8. The Hall–Kier alpha value is -2.51. The fraction of sp³-hybridized carbons (Fsp3) is 0.312. The molecule has 0 aliphatic rings. The molecule has 0 saturated carbocycles. The van der Waals surface area contributed by atoms with Crippen LogP contribution in [0.4, 0.5) is 5.69 Å². The number of benzene rings is 1. The van der Waals surface area contributed by atoms with Gasteiger partial charge in [-0.25, -0.2) is 0 Å². The maximum atomic E-state index is 11.7. The van der Waals surface area contributed by atoms with Crippen molar-refractivity contribution in [1.29, 1.82) is 0 Å². The van der Waals surface area contributed by atoms with E-state index in [0.29, 0.717) is 13.1 Å². The summed E-state index contributed by atoms with van der Waals surface area (Å²) in [6, 6.07) is 12.1. The molecule has 0 spiro atoms. The Morgan fingerprint density at radius 3 is 2.61 bits per heavy atom. The molecule has 0 unspecified atom stereocenters. The number of hydrogen-bond donors (Lipinski definition) is 1. The number of nitro groups is 1. The molecule has 122 valence electrons. The lowest BCUT2D eigenvalue weighted by Gasteiger charge is -2.21. The lowest BCUT2D eigenvalue weighted by molar-refractivity contribution is -0.385. The quantitative estimate of drug-likeness (QED) is 0.613. The van der Waals surface area contributed by atoms with Crippen LogP contribution in [0.2, 0.25) is 0 Å². The molecule has 2 rings (SSSR count). The number of likely N-dealkylation sites (N-methyl/N-ethyl adjacent to an activating group) is 1. The molecule has 1 aromatic carbocycles. The van der Waals surface area contributed by atoms with Gasteiger partial charge in [0.2, 0.25) is 0 Å². The Morgan fingerprint density at radius 2 is 1.96 bits per heavy atom. The molecule has 1 heterocycles. The first kappa shape index (κ1) is 16.9. The Labute approximate surface area is 133 Å². The average Bonchev–Trinajstić information content (AvgIpc) is 2.50. The number of pyridine rings is 1. The van der Waals surface area contributed by atoms with Crippen molar-refractivity contribution in [1.82, 2.24) is 9.47 Å². The standard InChI is InChI=1S/C16H19N3O4/c1-17(9-13-5-3-2-4-6-13)11-15(20)12-18-10-14(19(22)23)7-8-16(18)21/h2-8,10,15,20H,9,11-12H2,1H3/t15-/m0/s1. The summed E-state index contributed by atoms with van der Waals surface area (Å²) < 4.78 is 1.17. The highest BCUT2D eigenvalue weighted by molar-refractivity contribution is 5.24. The van der Waals surface area contributed by atoms with Crippen LogP contribution in [0, 0.1) is 10.1 Å². The second kappa shape index (κ2) is 7.66. The van der Waals surface area contributed by atoms with Gasteiger partial charge in [-0.05, 0) is 12.6 Å². The van der Waals surface area contributed by atoms with Gasteiger partial charge in [0.15, 0.2) is 0 Å². The van der Waals surface area contributed by atoms with E-state index >= 15 is 0 Å². The third-order valence-electron chi connectivity index (χ3n) is 3.40. The number of aliphatic hydroxyl groups excluding tert-OH is 1. The van der Waals surface area contributed by atoms with Crippen molar-refractivity contribution in [2.45, 2.75) is 19.2 Å². The van der Waals surface area contributed by atoms with E-state index in [1.165, 1.54) is 4.57 Å². The minimum atomic E-state index is -0.802. The molecule has 0 aliphatic carbocycles. The molecule has 1 N–H and O–H groups in total. The van der Waals surface area contributed by atoms with Crippen molar-refractivity contribution in [3.05, 3.63) is 74.7 Å². The summed E-state index contributed by atoms with van der Waals surface area (Å²) in [4.78, 5) is 23.8. The van der Waals surface area contributed by atoms with E-state index < -0.39 is 11.0 Å². The van der Waals surface area contributed by atoms with Crippen LogP contribution < -0.4 is 5.56 Å². The first-order chi connectivity index (χ1) is 11.0. The fourth-order valence-corrected chi connectivity index (χ4v) is 2.37. The zero-order chi connectivity index (χ0) is 16.8. The number of aromatic nitrogens is 1. The molecule has 7 heteroatoms. The molecule has 0 fully saturated rings. The van der Waals surface area contributed by atoms with Crippen molar-refractivity contribution in [2.75, 3.05) is 13.6 Å². The van der Waals surface area contributed by atoms with Crippen LogP contribution in [0.1, 0.15) is 5.56 Å². The van der Waals surface area contributed by atoms with Gasteiger partial charge in [0.05, 0.1) is 23.8 Å². The van der Waals surface area contributed by atoms with Crippen LogP contribution in [-0.4, -0.2) is 39.2 Å². The van der Waals surface area contributed by atoms with Gasteiger partial charge >= 0.3 is 0 Å². The highest BCUT2D eigenvalue weighted by Gasteiger charge is 2.13. The second-order valence-electron chi connectivity index (χ2n) is 5.47. The first-order valence-electron chi connectivity index (χ1n) is 7.21. The smallest absolute Gasteiger partial charge is 0.285 e. The fourth-order valence-electron chi connectivity index (χ4n) is 2.37. The Balaban J connectivity index is 1.96. The second-order valence-corrected chi connectivity index (χ2v) is 5.47. The molecule has 0 aliphatic heterocycles. The normalized spacial score (nSPS) is 12.3. The molecule has 0 saturated heterocycles. The SMILES string of the molecule is CN(Cc1ccccc1)C[C@H](O)Cn1cc([N+](=O)[O-])ccc1=O. The number of aliphatic hydroxyl groups is 1. The number of rotatable bonds is 7. The van der Waals surface area contributed by atoms with Gasteiger partial charge in [-0.1, -0.05) is 30.3 Å². The van der Waals surface area contributed by atoms with Crippen LogP contribution in [0.25, 0.3) is 0 Å². The van der Waals surface area contributed by atoms with Gasteiger partial charge in [0, 0.05) is 25.2 Å². The van der Waals surface area contributed by atoms with E-state index in [0.717, 1.165) is 23.9 Å². The summed E-state index contributed by atoms with van der Waals surface area (Å²) in [5.74, 6) is 0. The largest absolute Gasteiger partial charge is 0.390 e. The average molecular weight is 317 g/mol. The maximum Gasteiger partial charge on any atom is 0.285 e. The van der Waals surface area contributed by atoms with Crippen molar-refractivity contribution in [3.63, 3.8) is 0 Å². The van der Waals surface area contributed by atoms with E-state index in [-0.39, 0.29) is 17.8 Å². The molecule has 2 aromatic rings. The minimum Gasteiger partial charge on any atom is -0.390 e. The van der Waals surface area contributed by atoms with Crippen LogP contribution in [-0.2, 0) is 13.1 Å². The third kappa shape index (κ3) is 5.01. The highest BCUT2D eigenvalue weighted by Crippen LogP contribution is 2.08. The van der Waals surface area contributed by atoms with E-state index in [4.69, 9.17) is 0 Å². The molecular weight excluding hydrogens is 298 g/mol. The molecule has 23 heavy (non-hydrogen) atoms. The Kier molecular flexibility index (Phi) is 5.61. The van der Waals surface area contributed by atoms with E-state index in [2.05, 4.69) is 0 Å². The molecule has 0 radical (unpaired) electrons. The van der Waals surface area contributed by atoms with E-state index in [1.54, 1.807) is 0 Å². The Morgan fingerprint density at radius 1 is 1.26 bits per heavy atom. The van der Waals surface area contributed by atoms with Crippen molar-refractivity contribution in [3.8, 4) is 0 Å². The number of nitrogens with zero attached hydrogens (tertiary/aromatic N) is 3. The summed E-state index contributed by atoms with van der Waals surface area (Å²) in [5, 5.41) is 20.9. The Bertz CT molecular complexity index is 715. The van der Waals surface area contributed by atoms with Gasteiger partial charge < -0.3 is 9.67 Å². The predicted octanol–water partition coefficient (Wildman–Crippen LogP) is 1.25. The lowest BCUT2D eigenvalue weighted by Crippen LogP contribution is -2.34. The third-order valence-corrected chi connectivity index (χ3v) is 3.40. The highest BCUT2D eigenvalue weighted by atomic mass is 16.6. The lowest BCUT2D eigenvalue weighted by atomic mass is 10.2. The number of hydrogen-bond acceptors (Lipinski definition) is 5. The topological polar surface area (TPSA) is 88.6 Å². The summed E-state index contributed by atoms with van der Waals surface area (Å²) in [5.41, 5.74) is 0.574. The minimum absolute atomic E-state index is 0.0135. The van der Waals surface area contributed by atoms with Crippen molar-refractivity contribution in [2.24, 2.45) is 0 Å². The van der Waals surface area contributed by atoms with Crippen molar-refractivity contribution >= 4 is 5.69 Å². The zero-order valence-electron chi connectivity index (χ0n) is 12.8. The van der Waals surface area contributed by atoms with Gasteiger partial charge in [-0.15, -0.1) is 0 Å². The summed E-state index contributed by atoms with van der Waals surface area (Å²) in [6.07, 6.45) is 0.353. The summed E-state index contributed by atoms with van der Waals surface area (Å²) >= 11 is 0. The monoisotopic (exact) mass is 317 g/mol. The van der Waals surface area contributed by atoms with Gasteiger partial charge in [-0.2, -0.15) is 0 Å². The van der Waals surface area contributed by atoms with Crippen LogP contribution in [0.3, 0.4) is 0 Å². The molecule has 1 atom stereocenters. The van der Waals surface area contributed by atoms with Crippen molar-refractivity contribution < 1.29 is 10.0 Å².